The zero-order chi connectivity index (χ0) is 10.0. The first-order valence-electron chi connectivity index (χ1n) is 6.00. The minimum Gasteiger partial charge on any atom is -0.329 e. The van der Waals surface area contributed by atoms with Crippen LogP contribution in [0, 0.1) is 11.3 Å². The van der Waals surface area contributed by atoms with Crippen LogP contribution in [0.25, 0.3) is 0 Å². The Labute approximate surface area is 86.2 Å². The van der Waals surface area contributed by atoms with Gasteiger partial charge in [0.1, 0.15) is 5.78 Å². The van der Waals surface area contributed by atoms with Gasteiger partial charge in [-0.25, -0.2) is 0 Å². The van der Waals surface area contributed by atoms with Crippen molar-refractivity contribution in [3.05, 3.63) is 0 Å². The summed E-state index contributed by atoms with van der Waals surface area (Å²) in [6.45, 7) is 0.582. The van der Waals surface area contributed by atoms with E-state index in [1.807, 2.05) is 0 Å². The van der Waals surface area contributed by atoms with Crippen molar-refractivity contribution in [2.75, 3.05) is 6.54 Å². The molecule has 0 unspecified atom stereocenters. The molecule has 2 aliphatic carbocycles. The van der Waals surface area contributed by atoms with Gasteiger partial charge in [-0.1, -0.05) is 32.1 Å². The van der Waals surface area contributed by atoms with Gasteiger partial charge < -0.3 is 5.73 Å². The largest absolute Gasteiger partial charge is 0.329 e. The minimum absolute atomic E-state index is 0.0808. The summed E-state index contributed by atoms with van der Waals surface area (Å²) in [7, 11) is 0. The highest BCUT2D eigenvalue weighted by Crippen LogP contribution is 2.43. The van der Waals surface area contributed by atoms with Crippen molar-refractivity contribution in [1.29, 1.82) is 0 Å². The normalized spacial score (nSPS) is 26.1. The molecule has 80 valence electrons. The standard InChI is InChI=1S/C12H21NO/c13-9-12(6-3-7-12)11(14)8-10-4-1-2-5-10/h10H,1-9,13H2. The van der Waals surface area contributed by atoms with Crippen molar-refractivity contribution in [3.8, 4) is 0 Å². The molecule has 0 bridgehead atoms. The van der Waals surface area contributed by atoms with Crippen molar-refractivity contribution < 1.29 is 4.79 Å². The van der Waals surface area contributed by atoms with Gasteiger partial charge in [0.2, 0.25) is 0 Å². The van der Waals surface area contributed by atoms with Crippen LogP contribution in [0.15, 0.2) is 0 Å². The van der Waals surface area contributed by atoms with Crippen LogP contribution in [0.1, 0.15) is 51.4 Å². The molecule has 0 radical (unpaired) electrons. The van der Waals surface area contributed by atoms with Crippen LogP contribution in [0.4, 0.5) is 0 Å². The lowest BCUT2D eigenvalue weighted by Gasteiger charge is -2.40. The van der Waals surface area contributed by atoms with Crippen LogP contribution in [0.3, 0.4) is 0 Å². The second-order valence-corrected chi connectivity index (χ2v) is 5.12. The molecule has 0 heterocycles. The Balaban J connectivity index is 1.87. The quantitative estimate of drug-likeness (QED) is 0.747. The second kappa shape index (κ2) is 4.01. The van der Waals surface area contributed by atoms with Crippen molar-refractivity contribution in [2.24, 2.45) is 17.1 Å². The molecule has 2 aliphatic rings. The fourth-order valence-electron chi connectivity index (χ4n) is 2.89. The van der Waals surface area contributed by atoms with Crippen molar-refractivity contribution >= 4 is 5.78 Å². The van der Waals surface area contributed by atoms with E-state index in [4.69, 9.17) is 5.73 Å². The average Bonchev–Trinajstić information content (AvgIpc) is 2.55. The summed E-state index contributed by atoms with van der Waals surface area (Å²) in [5, 5.41) is 0. The lowest BCUT2D eigenvalue weighted by Crippen LogP contribution is -2.44. The second-order valence-electron chi connectivity index (χ2n) is 5.12. The minimum atomic E-state index is -0.0808. The number of nitrogens with two attached hydrogens (primary N) is 1. The first-order chi connectivity index (χ1) is 6.77. The summed E-state index contributed by atoms with van der Waals surface area (Å²) in [6.07, 6.45) is 9.31. The first kappa shape index (κ1) is 10.2. The molecule has 0 aromatic rings. The monoisotopic (exact) mass is 195 g/mol. The molecular weight excluding hydrogens is 174 g/mol. The molecule has 0 aliphatic heterocycles. The van der Waals surface area contributed by atoms with E-state index in [1.54, 1.807) is 0 Å². The van der Waals surface area contributed by atoms with Crippen LogP contribution in [-0.4, -0.2) is 12.3 Å². The molecule has 0 spiro atoms. The number of Topliss-reactive ketones (excluding diaryl/α,β-unsaturated/α-hetero) is 1. The summed E-state index contributed by atoms with van der Waals surface area (Å²) in [4.78, 5) is 12.1. The maximum Gasteiger partial charge on any atom is 0.140 e. The number of hydrogen-bond acceptors (Lipinski definition) is 2. The maximum atomic E-state index is 12.1. The van der Waals surface area contributed by atoms with Crippen LogP contribution in [0.5, 0.6) is 0 Å². The average molecular weight is 195 g/mol. The molecule has 0 amide bonds. The van der Waals surface area contributed by atoms with E-state index in [1.165, 1.54) is 32.1 Å². The maximum absolute atomic E-state index is 12.1. The summed E-state index contributed by atoms with van der Waals surface area (Å²) in [5.41, 5.74) is 5.64. The highest BCUT2D eigenvalue weighted by molar-refractivity contribution is 5.86. The number of ketones is 1. The van der Waals surface area contributed by atoms with Gasteiger partial charge in [0.05, 0.1) is 0 Å². The fourth-order valence-corrected chi connectivity index (χ4v) is 2.89. The molecule has 2 heteroatoms. The smallest absolute Gasteiger partial charge is 0.140 e. The lowest BCUT2D eigenvalue weighted by atomic mass is 9.64. The molecular formula is C12H21NO. The topological polar surface area (TPSA) is 43.1 Å². The third-order valence-electron chi connectivity index (χ3n) is 4.24. The molecule has 2 nitrogen and oxygen atoms in total. The van der Waals surface area contributed by atoms with Gasteiger partial charge in [-0.05, 0) is 18.8 Å². The van der Waals surface area contributed by atoms with Crippen molar-refractivity contribution in [1.82, 2.24) is 0 Å². The Bertz CT molecular complexity index is 209. The molecule has 0 aromatic heterocycles. The van der Waals surface area contributed by atoms with E-state index in [-0.39, 0.29) is 5.41 Å². The molecule has 2 N–H and O–H groups in total. The zero-order valence-corrected chi connectivity index (χ0v) is 8.93. The molecule has 2 saturated carbocycles. The molecule has 2 fully saturated rings. The molecule has 0 atom stereocenters. The summed E-state index contributed by atoms with van der Waals surface area (Å²) in [5.74, 6) is 1.16. The summed E-state index contributed by atoms with van der Waals surface area (Å²) >= 11 is 0. The van der Waals surface area contributed by atoms with E-state index in [0.29, 0.717) is 18.2 Å². The van der Waals surface area contributed by atoms with Crippen LogP contribution in [-0.2, 0) is 4.79 Å². The van der Waals surface area contributed by atoms with Gasteiger partial charge in [0.25, 0.3) is 0 Å². The van der Waals surface area contributed by atoms with Gasteiger partial charge >= 0.3 is 0 Å². The highest BCUT2D eigenvalue weighted by Gasteiger charge is 2.42. The highest BCUT2D eigenvalue weighted by atomic mass is 16.1. The van der Waals surface area contributed by atoms with E-state index < -0.39 is 0 Å². The predicted octanol–water partition coefficient (Wildman–Crippen LogP) is 2.26. The Kier molecular flexibility index (Phi) is 2.91. The molecule has 0 saturated heterocycles. The number of rotatable bonds is 4. The van der Waals surface area contributed by atoms with Crippen molar-refractivity contribution in [3.63, 3.8) is 0 Å². The van der Waals surface area contributed by atoms with Gasteiger partial charge in [-0.3, -0.25) is 4.79 Å². The van der Waals surface area contributed by atoms with Crippen molar-refractivity contribution in [2.45, 2.75) is 51.4 Å². The Morgan fingerprint density at radius 1 is 1.21 bits per heavy atom. The molecule has 0 aromatic carbocycles. The van der Waals surface area contributed by atoms with Crippen LogP contribution >= 0.6 is 0 Å². The molecule has 2 rings (SSSR count). The van der Waals surface area contributed by atoms with Gasteiger partial charge in [0.15, 0.2) is 0 Å². The first-order valence-corrected chi connectivity index (χ1v) is 6.00. The van der Waals surface area contributed by atoms with Gasteiger partial charge in [-0.2, -0.15) is 0 Å². The summed E-state index contributed by atoms with van der Waals surface area (Å²) < 4.78 is 0. The van der Waals surface area contributed by atoms with E-state index >= 15 is 0 Å². The van der Waals surface area contributed by atoms with Gasteiger partial charge in [-0.15, -0.1) is 0 Å². The number of carbonyl (C=O) groups is 1. The van der Waals surface area contributed by atoms with E-state index in [9.17, 15) is 4.79 Å². The number of carbonyl (C=O) groups excluding carboxylic acids is 1. The summed E-state index contributed by atoms with van der Waals surface area (Å²) in [6, 6.07) is 0. The van der Waals surface area contributed by atoms with E-state index in [2.05, 4.69) is 0 Å². The van der Waals surface area contributed by atoms with Crippen LogP contribution < -0.4 is 5.73 Å². The SMILES string of the molecule is NCC1(C(=O)CC2CCCC2)CCC1. The van der Waals surface area contributed by atoms with E-state index in [0.717, 1.165) is 19.3 Å². The van der Waals surface area contributed by atoms with Gasteiger partial charge in [0, 0.05) is 18.4 Å². The third-order valence-corrected chi connectivity index (χ3v) is 4.24. The lowest BCUT2D eigenvalue weighted by molar-refractivity contribution is -0.133. The fraction of sp³-hybridized carbons (Fsp3) is 0.917. The number of hydrogen-bond donors (Lipinski definition) is 1. The third kappa shape index (κ3) is 1.72. The molecule has 14 heavy (non-hydrogen) atoms. The Morgan fingerprint density at radius 2 is 1.86 bits per heavy atom. The van der Waals surface area contributed by atoms with Crippen LogP contribution in [0.2, 0.25) is 0 Å². The Hall–Kier alpha value is -0.370. The Morgan fingerprint density at radius 3 is 2.29 bits per heavy atom. The predicted molar refractivity (Wildman–Crippen MR) is 56.9 cm³/mol. The zero-order valence-electron chi connectivity index (χ0n) is 8.93.